The summed E-state index contributed by atoms with van der Waals surface area (Å²) < 4.78 is 5.27. The Kier molecular flexibility index (Phi) is 5.51. The number of hydrogen-bond donors (Lipinski definition) is 2. The lowest BCUT2D eigenvalue weighted by Gasteiger charge is -2.23. The molecule has 5 nitrogen and oxygen atoms in total. The lowest BCUT2D eigenvalue weighted by molar-refractivity contribution is -0.119. The van der Waals surface area contributed by atoms with Gasteiger partial charge in [-0.3, -0.25) is 9.59 Å². The van der Waals surface area contributed by atoms with E-state index in [1.54, 1.807) is 0 Å². The second-order valence-corrected chi connectivity index (χ2v) is 6.84. The fourth-order valence-corrected chi connectivity index (χ4v) is 3.50. The van der Waals surface area contributed by atoms with Gasteiger partial charge in [-0.2, -0.15) is 0 Å². The summed E-state index contributed by atoms with van der Waals surface area (Å²) in [6.07, 6.45) is 6.50. The van der Waals surface area contributed by atoms with E-state index in [-0.39, 0.29) is 23.8 Å². The van der Waals surface area contributed by atoms with Crippen LogP contribution in [0.15, 0.2) is 18.2 Å². The van der Waals surface area contributed by atoms with Crippen molar-refractivity contribution in [1.82, 2.24) is 5.32 Å². The maximum absolute atomic E-state index is 12.6. The minimum atomic E-state index is -0.0934. The summed E-state index contributed by atoms with van der Waals surface area (Å²) in [4.78, 5) is 24.9. The molecule has 5 heteroatoms. The van der Waals surface area contributed by atoms with E-state index in [4.69, 9.17) is 4.74 Å². The third-order valence-electron chi connectivity index (χ3n) is 5.08. The Hall–Kier alpha value is -1.88. The normalized spacial score (nSPS) is 21.5. The highest BCUT2D eigenvalue weighted by atomic mass is 16.5. The van der Waals surface area contributed by atoms with Crippen LogP contribution >= 0.6 is 0 Å². The van der Waals surface area contributed by atoms with Gasteiger partial charge in [0.2, 0.25) is 5.91 Å². The number of carbonyl (C=O) groups is 2. The molecule has 0 radical (unpaired) electrons. The molecule has 2 N–H and O–H groups in total. The van der Waals surface area contributed by atoms with Crippen LogP contribution in [0.3, 0.4) is 0 Å². The summed E-state index contributed by atoms with van der Waals surface area (Å²) in [5.41, 5.74) is 2.17. The predicted octanol–water partition coefficient (Wildman–Crippen LogP) is 3.03. The number of amides is 2. The summed E-state index contributed by atoms with van der Waals surface area (Å²) in [6, 6.07) is 5.77. The second-order valence-electron chi connectivity index (χ2n) is 6.84. The molecule has 0 aromatic heterocycles. The molecule has 1 atom stereocenters. The predicted molar refractivity (Wildman–Crippen MR) is 93.1 cm³/mol. The summed E-state index contributed by atoms with van der Waals surface area (Å²) >= 11 is 0. The van der Waals surface area contributed by atoms with Crippen molar-refractivity contribution in [3.05, 3.63) is 29.3 Å². The van der Waals surface area contributed by atoms with Crippen LogP contribution in [0.5, 0.6) is 0 Å². The first-order valence-electron chi connectivity index (χ1n) is 8.94. The fraction of sp³-hybridized carbons (Fsp3) is 0.579. The van der Waals surface area contributed by atoms with Crippen molar-refractivity contribution in [3.8, 4) is 0 Å². The molecule has 1 aliphatic carbocycles. The standard InChI is InChI=1S/C19H26N2O3/c1-13-16(19(23)20-15-6-3-2-4-7-15)8-5-9-17(13)21-18(22)14-10-11-24-12-14/h5,8-9,14-15H,2-4,6-7,10-12H2,1H3,(H,20,23)(H,21,22)/t14-/m0/s1. The molecule has 130 valence electrons. The van der Waals surface area contributed by atoms with E-state index in [1.165, 1.54) is 19.3 Å². The van der Waals surface area contributed by atoms with E-state index in [0.717, 1.165) is 24.8 Å². The van der Waals surface area contributed by atoms with Gasteiger partial charge >= 0.3 is 0 Å². The first-order chi connectivity index (χ1) is 11.6. The Labute approximate surface area is 143 Å². The van der Waals surface area contributed by atoms with Gasteiger partial charge in [0.25, 0.3) is 5.91 Å². The van der Waals surface area contributed by atoms with Crippen molar-refractivity contribution >= 4 is 17.5 Å². The maximum atomic E-state index is 12.6. The molecule has 24 heavy (non-hydrogen) atoms. The number of rotatable bonds is 4. The van der Waals surface area contributed by atoms with Crippen molar-refractivity contribution in [2.24, 2.45) is 5.92 Å². The number of ether oxygens (including phenoxy) is 1. The molecule has 2 aliphatic rings. The highest BCUT2D eigenvalue weighted by Crippen LogP contribution is 2.23. The Morgan fingerprint density at radius 3 is 2.62 bits per heavy atom. The van der Waals surface area contributed by atoms with Crippen molar-refractivity contribution in [3.63, 3.8) is 0 Å². The molecule has 0 bridgehead atoms. The molecule has 3 rings (SSSR count). The van der Waals surface area contributed by atoms with Crippen LogP contribution in [0.1, 0.15) is 54.4 Å². The van der Waals surface area contributed by atoms with E-state index < -0.39 is 0 Å². The second kappa shape index (κ2) is 7.79. The minimum Gasteiger partial charge on any atom is -0.381 e. The SMILES string of the molecule is Cc1c(NC(=O)[C@H]2CCOC2)cccc1C(=O)NC1CCCCC1. The quantitative estimate of drug-likeness (QED) is 0.892. The summed E-state index contributed by atoms with van der Waals surface area (Å²) in [5, 5.41) is 6.09. The van der Waals surface area contributed by atoms with E-state index in [0.29, 0.717) is 24.5 Å². The van der Waals surface area contributed by atoms with Gasteiger partial charge < -0.3 is 15.4 Å². The van der Waals surface area contributed by atoms with Crippen LogP contribution in [0, 0.1) is 12.8 Å². The molecule has 0 unspecified atom stereocenters. The number of carbonyl (C=O) groups excluding carboxylic acids is 2. The van der Waals surface area contributed by atoms with E-state index in [1.807, 2.05) is 25.1 Å². The monoisotopic (exact) mass is 330 g/mol. The van der Waals surface area contributed by atoms with Crippen molar-refractivity contribution in [2.45, 2.75) is 51.5 Å². The molecular weight excluding hydrogens is 304 g/mol. The summed E-state index contributed by atoms with van der Waals surface area (Å²) in [6.45, 7) is 3.00. The van der Waals surface area contributed by atoms with Gasteiger partial charge in [0.15, 0.2) is 0 Å². The Bertz CT molecular complexity index is 603. The van der Waals surface area contributed by atoms with Crippen LogP contribution < -0.4 is 10.6 Å². The molecule has 1 aromatic rings. The van der Waals surface area contributed by atoms with Crippen molar-refractivity contribution in [1.29, 1.82) is 0 Å². The third kappa shape index (κ3) is 3.96. The minimum absolute atomic E-state index is 0.0274. The molecule has 2 amide bonds. The fourth-order valence-electron chi connectivity index (χ4n) is 3.50. The molecule has 1 heterocycles. The van der Waals surface area contributed by atoms with Gasteiger partial charge in [-0.15, -0.1) is 0 Å². The smallest absolute Gasteiger partial charge is 0.251 e. The van der Waals surface area contributed by atoms with E-state index >= 15 is 0 Å². The molecule has 1 saturated heterocycles. The van der Waals surface area contributed by atoms with Gasteiger partial charge in [-0.1, -0.05) is 25.3 Å². The molecule has 1 aromatic carbocycles. The van der Waals surface area contributed by atoms with Crippen LogP contribution in [0.4, 0.5) is 5.69 Å². The van der Waals surface area contributed by atoms with Crippen LogP contribution in [0.25, 0.3) is 0 Å². The molecule has 2 fully saturated rings. The number of hydrogen-bond acceptors (Lipinski definition) is 3. The highest BCUT2D eigenvalue weighted by molar-refractivity contribution is 6.00. The van der Waals surface area contributed by atoms with Gasteiger partial charge in [0.1, 0.15) is 0 Å². The van der Waals surface area contributed by atoms with Crippen LogP contribution in [-0.4, -0.2) is 31.1 Å². The van der Waals surface area contributed by atoms with E-state index in [9.17, 15) is 9.59 Å². The number of nitrogens with one attached hydrogen (secondary N) is 2. The van der Waals surface area contributed by atoms with Gasteiger partial charge in [0.05, 0.1) is 12.5 Å². The topological polar surface area (TPSA) is 67.4 Å². The van der Waals surface area contributed by atoms with Gasteiger partial charge in [-0.05, 0) is 43.9 Å². The lowest BCUT2D eigenvalue weighted by Crippen LogP contribution is -2.36. The Balaban J connectivity index is 1.67. The van der Waals surface area contributed by atoms with E-state index in [2.05, 4.69) is 10.6 Å². The molecule has 1 aliphatic heterocycles. The highest BCUT2D eigenvalue weighted by Gasteiger charge is 2.24. The lowest BCUT2D eigenvalue weighted by atomic mass is 9.95. The van der Waals surface area contributed by atoms with Crippen LogP contribution in [-0.2, 0) is 9.53 Å². The summed E-state index contributed by atoms with van der Waals surface area (Å²) in [7, 11) is 0. The zero-order chi connectivity index (χ0) is 16.9. The van der Waals surface area contributed by atoms with Gasteiger partial charge in [0, 0.05) is 23.9 Å². The third-order valence-corrected chi connectivity index (χ3v) is 5.08. The molecule has 1 saturated carbocycles. The zero-order valence-corrected chi connectivity index (χ0v) is 14.3. The molecular formula is C19H26N2O3. The first kappa shape index (κ1) is 17.0. The zero-order valence-electron chi connectivity index (χ0n) is 14.3. The van der Waals surface area contributed by atoms with Crippen molar-refractivity contribution in [2.75, 3.05) is 18.5 Å². The maximum Gasteiger partial charge on any atom is 0.251 e. The number of benzene rings is 1. The van der Waals surface area contributed by atoms with Gasteiger partial charge in [-0.25, -0.2) is 0 Å². The largest absolute Gasteiger partial charge is 0.381 e. The van der Waals surface area contributed by atoms with Crippen molar-refractivity contribution < 1.29 is 14.3 Å². The molecule has 0 spiro atoms. The average Bonchev–Trinajstić information content (AvgIpc) is 3.12. The Morgan fingerprint density at radius 2 is 1.92 bits per heavy atom. The number of anilines is 1. The Morgan fingerprint density at radius 1 is 1.12 bits per heavy atom. The first-order valence-corrected chi connectivity index (χ1v) is 8.94. The summed E-state index contributed by atoms with van der Waals surface area (Å²) in [5.74, 6) is -0.163. The van der Waals surface area contributed by atoms with Crippen LogP contribution in [0.2, 0.25) is 0 Å². The average molecular weight is 330 g/mol.